The van der Waals surface area contributed by atoms with Gasteiger partial charge >= 0.3 is 0 Å². The van der Waals surface area contributed by atoms with Crippen molar-refractivity contribution in [2.45, 2.75) is 6.10 Å². The zero-order chi connectivity index (χ0) is 18.1. The van der Waals surface area contributed by atoms with E-state index in [-0.39, 0.29) is 23.3 Å². The number of amides is 1. The van der Waals surface area contributed by atoms with Gasteiger partial charge in [0.05, 0.1) is 5.02 Å². The Labute approximate surface area is 169 Å². The number of fused-ring (bicyclic) bond motifs is 1. The quantitative estimate of drug-likeness (QED) is 0.835. The number of likely N-dealkylation sites (tertiary alicyclic amines) is 1. The third kappa shape index (κ3) is 4.21. The third-order valence-corrected chi connectivity index (χ3v) is 5.46. The molecule has 7 heteroatoms. The Bertz CT molecular complexity index is 794. The first-order valence-electron chi connectivity index (χ1n) is 8.78. The molecule has 144 valence electrons. The zero-order valence-corrected chi connectivity index (χ0v) is 16.2. The topological polar surface area (TPSA) is 41.6 Å². The Balaban J connectivity index is 0.00000210. The molecule has 0 saturated carbocycles. The van der Waals surface area contributed by atoms with E-state index in [1.165, 1.54) is 18.2 Å². The number of halogens is 3. The first kappa shape index (κ1) is 19.9. The zero-order valence-electron chi connectivity index (χ0n) is 14.6. The molecule has 2 saturated heterocycles. The molecule has 0 bridgehead atoms. The normalized spacial score (nSPS) is 22.1. The van der Waals surface area contributed by atoms with E-state index in [1.807, 2.05) is 35.2 Å². The summed E-state index contributed by atoms with van der Waals surface area (Å²) in [6.07, 6.45) is -0.800. The van der Waals surface area contributed by atoms with Gasteiger partial charge in [0, 0.05) is 31.7 Å². The van der Waals surface area contributed by atoms with E-state index in [2.05, 4.69) is 5.32 Å². The van der Waals surface area contributed by atoms with Crippen molar-refractivity contribution in [3.05, 3.63) is 64.9 Å². The van der Waals surface area contributed by atoms with Crippen molar-refractivity contribution < 1.29 is 13.9 Å². The largest absolute Gasteiger partial charge is 0.474 e. The molecule has 27 heavy (non-hydrogen) atoms. The molecule has 2 aliphatic rings. The van der Waals surface area contributed by atoms with E-state index < -0.39 is 11.9 Å². The number of nitrogens with zero attached hydrogens (tertiary/aromatic N) is 1. The van der Waals surface area contributed by atoms with Gasteiger partial charge in [-0.3, -0.25) is 4.79 Å². The van der Waals surface area contributed by atoms with Crippen LogP contribution in [0.1, 0.15) is 11.7 Å². The molecular formula is C20H21Cl2FN2O2. The molecule has 2 fully saturated rings. The molecule has 4 nitrogen and oxygen atoms in total. The predicted octanol–water partition coefficient (Wildman–Crippen LogP) is 3.70. The molecule has 0 spiro atoms. The molecule has 3 atom stereocenters. The minimum absolute atomic E-state index is 0. The Morgan fingerprint density at radius 2 is 1.81 bits per heavy atom. The molecule has 1 N–H and O–H groups in total. The maximum absolute atomic E-state index is 13.3. The lowest BCUT2D eigenvalue weighted by atomic mass is 10.0. The summed E-state index contributed by atoms with van der Waals surface area (Å²) >= 11 is 6.11. The molecule has 4 rings (SSSR count). The van der Waals surface area contributed by atoms with Crippen LogP contribution >= 0.6 is 24.0 Å². The third-order valence-electron chi connectivity index (χ3n) is 5.17. The van der Waals surface area contributed by atoms with Gasteiger partial charge in [0.1, 0.15) is 11.6 Å². The van der Waals surface area contributed by atoms with Gasteiger partial charge in [-0.25, -0.2) is 4.39 Å². The summed E-state index contributed by atoms with van der Waals surface area (Å²) < 4.78 is 19.3. The van der Waals surface area contributed by atoms with Crippen LogP contribution in [0.2, 0.25) is 5.02 Å². The van der Waals surface area contributed by atoms with Crippen molar-refractivity contribution in [3.8, 4) is 5.75 Å². The van der Waals surface area contributed by atoms with E-state index in [1.54, 1.807) is 0 Å². The SMILES string of the molecule is Cl.O=C(C(Oc1ccc(F)cc1Cl)c1ccccc1)N1C[C@H]2CNC[C@H]2C1. The van der Waals surface area contributed by atoms with E-state index in [0.717, 1.165) is 31.7 Å². The second kappa shape index (κ2) is 8.46. The minimum atomic E-state index is -0.800. The highest BCUT2D eigenvalue weighted by molar-refractivity contribution is 6.32. The highest BCUT2D eigenvalue weighted by Crippen LogP contribution is 2.33. The van der Waals surface area contributed by atoms with Crippen LogP contribution in [0.5, 0.6) is 5.75 Å². The van der Waals surface area contributed by atoms with Crippen molar-refractivity contribution in [3.63, 3.8) is 0 Å². The van der Waals surface area contributed by atoms with Crippen LogP contribution in [0, 0.1) is 17.7 Å². The van der Waals surface area contributed by atoms with Gasteiger partial charge < -0.3 is 15.0 Å². The second-order valence-electron chi connectivity index (χ2n) is 6.90. The van der Waals surface area contributed by atoms with E-state index in [9.17, 15) is 9.18 Å². The molecular weight excluding hydrogens is 390 g/mol. The summed E-state index contributed by atoms with van der Waals surface area (Å²) in [5, 5.41) is 3.53. The maximum atomic E-state index is 13.3. The van der Waals surface area contributed by atoms with Crippen LogP contribution in [0.3, 0.4) is 0 Å². The lowest BCUT2D eigenvalue weighted by molar-refractivity contribution is -0.138. The van der Waals surface area contributed by atoms with Gasteiger partial charge in [-0.1, -0.05) is 41.9 Å². The molecule has 2 aromatic carbocycles. The summed E-state index contributed by atoms with van der Waals surface area (Å²) in [5.41, 5.74) is 0.757. The number of hydrogen-bond donors (Lipinski definition) is 1. The Morgan fingerprint density at radius 3 is 2.44 bits per heavy atom. The summed E-state index contributed by atoms with van der Waals surface area (Å²) in [7, 11) is 0. The average Bonchev–Trinajstić information content (AvgIpc) is 3.23. The van der Waals surface area contributed by atoms with Crippen molar-refractivity contribution >= 4 is 29.9 Å². The Kier molecular flexibility index (Phi) is 6.25. The van der Waals surface area contributed by atoms with E-state index >= 15 is 0 Å². The predicted molar refractivity (Wildman–Crippen MR) is 105 cm³/mol. The molecule has 2 aliphatic heterocycles. The number of rotatable bonds is 4. The highest BCUT2D eigenvalue weighted by atomic mass is 35.5. The van der Waals surface area contributed by atoms with Gasteiger partial charge in [0.25, 0.3) is 5.91 Å². The smallest absolute Gasteiger partial charge is 0.268 e. The lowest BCUT2D eigenvalue weighted by Gasteiger charge is -2.25. The standard InChI is InChI=1S/C20H20ClFN2O2.ClH/c21-17-8-16(22)6-7-18(17)26-19(13-4-2-1-3-5-13)20(25)24-11-14-9-23-10-15(14)12-24;/h1-8,14-15,19,23H,9-12H2;1H/t14-,15+,19?;. The second-order valence-corrected chi connectivity index (χ2v) is 7.31. The van der Waals surface area contributed by atoms with Crippen molar-refractivity contribution in [2.24, 2.45) is 11.8 Å². The van der Waals surface area contributed by atoms with Crippen LogP contribution in [-0.2, 0) is 4.79 Å². The average molecular weight is 411 g/mol. The van der Waals surface area contributed by atoms with Crippen LogP contribution < -0.4 is 10.1 Å². The molecule has 0 radical (unpaired) electrons. The fraction of sp³-hybridized carbons (Fsp3) is 0.350. The number of benzene rings is 2. The number of carbonyl (C=O) groups excluding carboxylic acids is 1. The van der Waals surface area contributed by atoms with Crippen LogP contribution in [0.4, 0.5) is 4.39 Å². The highest BCUT2D eigenvalue weighted by Gasteiger charge is 2.40. The van der Waals surface area contributed by atoms with Gasteiger partial charge in [-0.15, -0.1) is 12.4 Å². The minimum Gasteiger partial charge on any atom is -0.474 e. The van der Waals surface area contributed by atoms with Gasteiger partial charge in [-0.2, -0.15) is 0 Å². The molecule has 0 aliphatic carbocycles. The van der Waals surface area contributed by atoms with Gasteiger partial charge in [-0.05, 0) is 30.0 Å². The van der Waals surface area contributed by atoms with Crippen LogP contribution in [0.15, 0.2) is 48.5 Å². The number of carbonyl (C=O) groups is 1. The van der Waals surface area contributed by atoms with E-state index in [0.29, 0.717) is 17.6 Å². The Hall–Kier alpha value is -1.82. The molecule has 1 unspecified atom stereocenters. The molecule has 2 aromatic rings. The fourth-order valence-electron chi connectivity index (χ4n) is 3.79. The number of hydrogen-bond acceptors (Lipinski definition) is 3. The molecule has 1 amide bonds. The monoisotopic (exact) mass is 410 g/mol. The lowest BCUT2D eigenvalue weighted by Crippen LogP contribution is -2.37. The van der Waals surface area contributed by atoms with Gasteiger partial charge in [0.2, 0.25) is 6.10 Å². The van der Waals surface area contributed by atoms with Crippen LogP contribution in [-0.4, -0.2) is 37.0 Å². The van der Waals surface area contributed by atoms with Crippen molar-refractivity contribution in [2.75, 3.05) is 26.2 Å². The number of ether oxygens (including phenoxy) is 1. The maximum Gasteiger partial charge on any atom is 0.268 e. The fourth-order valence-corrected chi connectivity index (χ4v) is 4.00. The molecule has 2 heterocycles. The van der Waals surface area contributed by atoms with Crippen molar-refractivity contribution in [1.82, 2.24) is 10.2 Å². The number of nitrogens with one attached hydrogen (secondary N) is 1. The molecule has 0 aromatic heterocycles. The summed E-state index contributed by atoms with van der Waals surface area (Å²) in [5.74, 6) is 0.793. The van der Waals surface area contributed by atoms with Gasteiger partial charge in [0.15, 0.2) is 0 Å². The first-order valence-corrected chi connectivity index (χ1v) is 9.16. The summed E-state index contributed by atoms with van der Waals surface area (Å²) in [6.45, 7) is 3.38. The van der Waals surface area contributed by atoms with E-state index in [4.69, 9.17) is 16.3 Å². The first-order chi connectivity index (χ1) is 12.6. The van der Waals surface area contributed by atoms with Crippen molar-refractivity contribution in [1.29, 1.82) is 0 Å². The van der Waals surface area contributed by atoms with Crippen LogP contribution in [0.25, 0.3) is 0 Å². The Morgan fingerprint density at radius 1 is 1.15 bits per heavy atom. The summed E-state index contributed by atoms with van der Waals surface area (Å²) in [4.78, 5) is 15.1. The summed E-state index contributed by atoms with van der Waals surface area (Å²) in [6, 6.07) is 13.3.